The van der Waals surface area contributed by atoms with Crippen molar-refractivity contribution in [2.45, 2.75) is 0 Å². The molecule has 0 fully saturated rings. The molecule has 0 aromatic rings. The van der Waals surface area contributed by atoms with Gasteiger partial charge in [-0.05, 0) is 0 Å². The van der Waals surface area contributed by atoms with Crippen molar-refractivity contribution in [3.05, 3.63) is 0 Å². The molecule has 0 aromatic carbocycles. The van der Waals surface area contributed by atoms with E-state index in [1.165, 1.54) is 0 Å². The van der Waals surface area contributed by atoms with Crippen LogP contribution in [-0.4, -0.2) is 239 Å². The van der Waals surface area contributed by atoms with Gasteiger partial charge in [-0.25, -0.2) is 22.8 Å². The third-order valence-electron chi connectivity index (χ3n) is 0. The van der Waals surface area contributed by atoms with Gasteiger partial charge in [0, 0.05) is 38.1 Å². The van der Waals surface area contributed by atoms with E-state index in [9.17, 15) is 0 Å². The molecule has 1 radical (unpaired) electrons. The van der Waals surface area contributed by atoms with Gasteiger partial charge in [-0.3, -0.25) is 0 Å². The van der Waals surface area contributed by atoms with Crippen LogP contribution in [0.25, 0.3) is 0 Å². The van der Waals surface area contributed by atoms with E-state index in [0.717, 1.165) is 0 Å². The molecule has 0 aliphatic rings. The Balaban J connectivity index is -0.0000000130. The summed E-state index contributed by atoms with van der Waals surface area (Å²) in [5, 5.41) is 0. The summed E-state index contributed by atoms with van der Waals surface area (Å²) in [7, 11) is -23.2. The van der Waals surface area contributed by atoms with Crippen molar-refractivity contribution in [2.75, 3.05) is 0 Å². The second-order valence-corrected chi connectivity index (χ2v) is 7.70. The Kier molecular flexibility index (Phi) is 104. The van der Waals surface area contributed by atoms with Crippen LogP contribution >= 0.6 is 39.1 Å². The van der Waals surface area contributed by atoms with Crippen molar-refractivity contribution in [2.24, 2.45) is 0 Å². The molecule has 0 bridgehead atoms. The van der Waals surface area contributed by atoms with Gasteiger partial charge in [0.05, 0.1) is 0 Å². The van der Waals surface area contributed by atoms with E-state index in [1.807, 2.05) is 0 Å². The molecule has 0 saturated carbocycles. The fourth-order valence-corrected chi connectivity index (χ4v) is 0. The van der Waals surface area contributed by atoms with Crippen LogP contribution in [0.2, 0.25) is 0 Å². The first-order valence-electron chi connectivity index (χ1n) is 3.91. The maximum Gasteiger partial charge on any atom is 0 e. The molecule has 0 rings (SSSR count). The molecule has 33 heavy (non-hydrogen) atoms. The van der Waals surface area contributed by atoms with E-state index >= 15 is 0 Å². The summed E-state index contributed by atoms with van der Waals surface area (Å²) >= 11 is 0. The molecule has 20 nitrogen and oxygen atoms in total. The SMILES string of the molecule is O=P(O)(O)O.O=P(O)(O)O.O=P(O)(O)O.O=P(O)(O)O.O=P(O)(O)O.[AlH3].[AlH3].[AlH3].[CaH2].[CaH2].[CaH2].[Mn].[Mo]. The van der Waals surface area contributed by atoms with Crippen LogP contribution < -0.4 is 0 Å². The summed E-state index contributed by atoms with van der Waals surface area (Å²) in [5.74, 6) is 0. The predicted octanol–water partition coefficient (Wildman–Crippen LogP) is -10.9. The second kappa shape index (κ2) is 41.3. The Morgan fingerprint density at radius 1 is 0.303 bits per heavy atom. The van der Waals surface area contributed by atoms with Gasteiger partial charge in [0.15, 0.2) is 52.1 Å². The molecule has 33 heteroatoms. The first-order valence-corrected chi connectivity index (χ1v) is 11.7. The minimum Gasteiger partial charge on any atom is 0 e. The van der Waals surface area contributed by atoms with Crippen molar-refractivity contribution in [3.8, 4) is 0 Å². The number of rotatable bonds is 0. The molecule has 0 aliphatic heterocycles. The summed E-state index contributed by atoms with van der Waals surface area (Å²) < 4.78 is 44.4. The van der Waals surface area contributed by atoms with Gasteiger partial charge < -0.3 is 73.4 Å². The van der Waals surface area contributed by atoms with E-state index in [-0.39, 0.29) is 203 Å². The monoisotopic (exact) mass is 859 g/mol. The zero-order valence-corrected chi connectivity index (χ0v) is 19.4. The topological polar surface area (TPSA) is 389 Å². The van der Waals surface area contributed by atoms with Crippen LogP contribution in [0, 0.1) is 0 Å². The molecule has 15 N–H and O–H groups in total. The van der Waals surface area contributed by atoms with Crippen molar-refractivity contribution >= 4 is 204 Å². The van der Waals surface area contributed by atoms with E-state index in [0.29, 0.717) is 0 Å². The van der Waals surface area contributed by atoms with Crippen LogP contribution in [0.15, 0.2) is 0 Å². The summed E-state index contributed by atoms with van der Waals surface area (Å²) in [6, 6.07) is 0. The molecule has 0 aliphatic carbocycles. The van der Waals surface area contributed by atoms with Crippen LogP contribution in [0.1, 0.15) is 0 Å². The Labute approximate surface area is 332 Å². The summed E-state index contributed by atoms with van der Waals surface area (Å²) in [6.45, 7) is 0. The third-order valence-corrected chi connectivity index (χ3v) is 0. The maximum atomic E-state index is 8.88. The molecule has 0 heterocycles. The minimum atomic E-state index is -4.64. The van der Waals surface area contributed by atoms with Crippen molar-refractivity contribution in [1.29, 1.82) is 0 Å². The fourth-order valence-electron chi connectivity index (χ4n) is 0. The maximum absolute atomic E-state index is 8.88. The molecule has 0 spiro atoms. The average molecular weight is 857 g/mol. The third kappa shape index (κ3) is 1060. The Bertz CT molecular complexity index is 406. The molecule has 203 valence electrons. The van der Waals surface area contributed by atoms with Gasteiger partial charge in [-0.1, -0.05) is 0 Å². The molecule has 0 aromatic heterocycles. The molecule has 0 amide bonds. The first kappa shape index (κ1) is 83.5. The van der Waals surface area contributed by atoms with Crippen LogP contribution in [0.4, 0.5) is 0 Å². The fraction of sp³-hybridized carbons (Fsp3) is 0. The molecule has 0 unspecified atom stereocenters. The van der Waals surface area contributed by atoms with E-state index in [2.05, 4.69) is 0 Å². The van der Waals surface area contributed by atoms with Gasteiger partial charge in [0.2, 0.25) is 0 Å². The van der Waals surface area contributed by atoms with Gasteiger partial charge in [0.25, 0.3) is 0 Å². The first-order chi connectivity index (χ1) is 10.0. The summed E-state index contributed by atoms with van der Waals surface area (Å²) in [4.78, 5) is 108. The number of hydrogen-bond donors (Lipinski definition) is 15. The summed E-state index contributed by atoms with van der Waals surface area (Å²) in [6.07, 6.45) is 0. The standard InChI is InChI=1S/3Al.3Ca.Mn.Mo.5H3O4P.15H/c;;;;;;;;5*1-5(2,3)4;;;;;;;;;;;;;;;/h;;;;;;;;5*(H3,1,2,3,4);;;;;;;;;;;;;;;. The Morgan fingerprint density at radius 2 is 0.303 bits per heavy atom. The van der Waals surface area contributed by atoms with E-state index in [1.54, 1.807) is 0 Å². The van der Waals surface area contributed by atoms with Crippen molar-refractivity contribution < 1.29 is 134 Å². The van der Waals surface area contributed by atoms with Gasteiger partial charge in [0.1, 0.15) is 0 Å². The molecule has 0 atom stereocenters. The average Bonchev–Trinajstić information content (AvgIpc) is 1.79. The summed E-state index contributed by atoms with van der Waals surface area (Å²) in [5.41, 5.74) is 0. The van der Waals surface area contributed by atoms with Crippen LogP contribution in [-0.2, 0) is 61.0 Å². The quantitative estimate of drug-likeness (QED) is 0.0794. The number of phosphoric acid groups is 5. The minimum absolute atomic E-state index is 0. The van der Waals surface area contributed by atoms with E-state index < -0.39 is 39.1 Å². The molecular weight excluding hydrogens is 827 g/mol. The molecular formula is H30Al3Ca3MnMoO20P5. The smallest absolute Gasteiger partial charge is 0 e. The largest absolute Gasteiger partial charge is 0 e. The van der Waals surface area contributed by atoms with Crippen LogP contribution in [0.3, 0.4) is 0 Å². The normalized spacial score (nSPS) is 8.94. The molecule has 0 saturated heterocycles. The second-order valence-electron chi connectivity index (χ2n) is 2.57. The van der Waals surface area contributed by atoms with Gasteiger partial charge in [-0.15, -0.1) is 0 Å². The Morgan fingerprint density at radius 3 is 0.303 bits per heavy atom. The predicted molar refractivity (Wildman–Crippen MR) is 127 cm³/mol. The zero-order chi connectivity index (χ0) is 22.5. The van der Waals surface area contributed by atoms with Crippen molar-refractivity contribution in [1.82, 2.24) is 0 Å². The van der Waals surface area contributed by atoms with Gasteiger partial charge in [-0.2, -0.15) is 0 Å². The van der Waals surface area contributed by atoms with E-state index in [4.69, 9.17) is 96.2 Å². The van der Waals surface area contributed by atoms with Crippen molar-refractivity contribution in [3.63, 3.8) is 0 Å². The number of hydrogen-bond acceptors (Lipinski definition) is 5. The van der Waals surface area contributed by atoms with Crippen LogP contribution in [0.5, 0.6) is 0 Å². The zero-order valence-electron chi connectivity index (χ0n) is 11.8. The Hall–Kier alpha value is 7.13. The van der Waals surface area contributed by atoms with Gasteiger partial charge >= 0.3 is 152 Å².